The van der Waals surface area contributed by atoms with E-state index in [-0.39, 0.29) is 37.2 Å². The van der Waals surface area contributed by atoms with Crippen LogP contribution < -0.4 is 5.32 Å². The van der Waals surface area contributed by atoms with Gasteiger partial charge in [0.25, 0.3) is 0 Å². The average molecular weight is 560 g/mol. The first-order valence-corrected chi connectivity index (χ1v) is 14.2. The number of rotatable bonds is 8. The molecule has 0 saturated heterocycles. The van der Waals surface area contributed by atoms with Crippen LogP contribution in [0.5, 0.6) is 0 Å². The summed E-state index contributed by atoms with van der Waals surface area (Å²) in [6.07, 6.45) is 0.279. The van der Waals surface area contributed by atoms with E-state index in [1.807, 2.05) is 60.1 Å². The van der Waals surface area contributed by atoms with Crippen molar-refractivity contribution in [3.63, 3.8) is 0 Å². The predicted octanol–water partition coefficient (Wildman–Crippen LogP) is 6.16. The molecular formula is C34H33N5O3. The molecule has 1 unspecified atom stereocenters. The molecule has 8 heteroatoms. The van der Waals surface area contributed by atoms with Crippen LogP contribution in [0.15, 0.2) is 78.9 Å². The molecule has 42 heavy (non-hydrogen) atoms. The molecule has 6 rings (SSSR count). The van der Waals surface area contributed by atoms with Gasteiger partial charge in [0.2, 0.25) is 0 Å². The summed E-state index contributed by atoms with van der Waals surface area (Å²) in [5.41, 5.74) is 6.67. The molecule has 0 amide bonds. The first-order valence-electron chi connectivity index (χ1n) is 14.2. The second kappa shape index (κ2) is 11.6. The fourth-order valence-electron chi connectivity index (χ4n) is 5.45. The molecule has 8 nitrogen and oxygen atoms in total. The number of hydrogen-bond donors (Lipinski definition) is 1. The highest BCUT2D eigenvalue weighted by molar-refractivity contribution is 5.93. The summed E-state index contributed by atoms with van der Waals surface area (Å²) in [7, 11) is 0. The summed E-state index contributed by atoms with van der Waals surface area (Å²) in [6.45, 7) is 6.65. The summed E-state index contributed by atoms with van der Waals surface area (Å²) >= 11 is 0. The Labute approximate surface area is 244 Å². The zero-order valence-corrected chi connectivity index (χ0v) is 24.0. The molecule has 0 bridgehead atoms. The Morgan fingerprint density at radius 1 is 1.02 bits per heavy atom. The van der Waals surface area contributed by atoms with Crippen molar-refractivity contribution in [2.24, 2.45) is 5.92 Å². The highest BCUT2D eigenvalue weighted by Crippen LogP contribution is 2.31. The second-order valence-corrected chi connectivity index (χ2v) is 11.0. The molecule has 0 fully saturated rings. The highest BCUT2D eigenvalue weighted by atomic mass is 16.5. The first kappa shape index (κ1) is 27.3. The predicted molar refractivity (Wildman–Crippen MR) is 162 cm³/mol. The maximum Gasteiger partial charge on any atom is 0.306 e. The Morgan fingerprint density at radius 3 is 2.67 bits per heavy atom. The molecule has 212 valence electrons. The fourth-order valence-corrected chi connectivity index (χ4v) is 5.45. The number of benzene rings is 3. The van der Waals surface area contributed by atoms with E-state index < -0.39 is 5.92 Å². The molecule has 1 aliphatic heterocycles. The van der Waals surface area contributed by atoms with Crippen LogP contribution in [0, 0.1) is 19.8 Å². The van der Waals surface area contributed by atoms with Crippen LogP contribution >= 0.6 is 0 Å². The van der Waals surface area contributed by atoms with E-state index in [4.69, 9.17) is 14.8 Å². The summed E-state index contributed by atoms with van der Waals surface area (Å²) in [4.78, 5) is 34.8. The topological polar surface area (TPSA) is 99.0 Å². The lowest BCUT2D eigenvalue weighted by Crippen LogP contribution is -2.32. The van der Waals surface area contributed by atoms with Gasteiger partial charge in [0.1, 0.15) is 24.0 Å². The highest BCUT2D eigenvalue weighted by Gasteiger charge is 2.30. The number of carbonyl (C=O) groups excluding carboxylic acids is 2. The maximum absolute atomic E-state index is 12.9. The van der Waals surface area contributed by atoms with Crippen molar-refractivity contribution in [3.8, 4) is 11.3 Å². The number of fused-ring (bicyclic) bond motifs is 2. The fraction of sp³-hybridized carbons (Fsp3) is 0.265. The van der Waals surface area contributed by atoms with Crippen molar-refractivity contribution in [2.45, 2.75) is 52.8 Å². The van der Waals surface area contributed by atoms with Gasteiger partial charge >= 0.3 is 5.97 Å². The molecule has 3 aromatic carbocycles. The van der Waals surface area contributed by atoms with E-state index in [2.05, 4.69) is 54.5 Å². The van der Waals surface area contributed by atoms with Gasteiger partial charge in [0.05, 0.1) is 24.2 Å². The number of hydrogen-bond acceptors (Lipinski definition) is 7. The van der Waals surface area contributed by atoms with Gasteiger partial charge in [-0.05, 0) is 50.1 Å². The zero-order valence-electron chi connectivity index (χ0n) is 24.0. The lowest BCUT2D eigenvalue weighted by Gasteiger charge is -2.21. The van der Waals surface area contributed by atoms with Gasteiger partial charge in [0, 0.05) is 35.0 Å². The Kier molecular flexibility index (Phi) is 7.52. The monoisotopic (exact) mass is 559 g/mol. The molecule has 0 radical (unpaired) electrons. The largest absolute Gasteiger partial charge is 0.461 e. The van der Waals surface area contributed by atoms with Crippen molar-refractivity contribution in [1.29, 1.82) is 0 Å². The number of anilines is 1. The number of aryl methyl sites for hydroxylation is 2. The van der Waals surface area contributed by atoms with Crippen molar-refractivity contribution in [2.75, 3.05) is 5.32 Å². The number of carbonyl (C=O) groups is 2. The molecule has 0 spiro atoms. The van der Waals surface area contributed by atoms with Crippen LogP contribution in [-0.2, 0) is 33.9 Å². The zero-order chi connectivity index (χ0) is 29.2. The van der Waals surface area contributed by atoms with Gasteiger partial charge in [-0.1, -0.05) is 66.2 Å². The van der Waals surface area contributed by atoms with Gasteiger partial charge in [-0.15, -0.1) is 0 Å². The van der Waals surface area contributed by atoms with Gasteiger partial charge in [-0.25, -0.2) is 9.97 Å². The molecular weight excluding hydrogens is 526 g/mol. The van der Waals surface area contributed by atoms with Gasteiger partial charge in [-0.2, -0.15) is 5.10 Å². The minimum atomic E-state index is -0.458. The van der Waals surface area contributed by atoms with Gasteiger partial charge < -0.3 is 10.1 Å². The molecule has 1 N–H and O–H groups in total. The summed E-state index contributed by atoms with van der Waals surface area (Å²) < 4.78 is 7.27. The number of Topliss-reactive ketones (excluding diaryl/α,β-unsaturated/α-hetero) is 1. The number of nitrogens with one attached hydrogen (secondary N) is 1. The normalized spacial score (nSPS) is 15.3. The molecule has 1 aliphatic rings. The lowest BCUT2D eigenvalue weighted by molar-refractivity contribution is -0.148. The smallest absolute Gasteiger partial charge is 0.306 e. The Balaban J connectivity index is 1.21. The number of ketones is 1. The van der Waals surface area contributed by atoms with Crippen molar-refractivity contribution >= 4 is 28.5 Å². The molecule has 5 aromatic rings. The van der Waals surface area contributed by atoms with E-state index in [0.29, 0.717) is 12.4 Å². The van der Waals surface area contributed by atoms with Crippen LogP contribution in [0.4, 0.5) is 5.82 Å². The number of nitrogens with zero attached hydrogens (tertiary/aromatic N) is 4. The van der Waals surface area contributed by atoms with Crippen LogP contribution in [-0.4, -0.2) is 31.5 Å². The first-order chi connectivity index (χ1) is 20.3. The van der Waals surface area contributed by atoms with E-state index >= 15 is 0 Å². The quantitative estimate of drug-likeness (QED) is 0.227. The van der Waals surface area contributed by atoms with Crippen LogP contribution in [0.3, 0.4) is 0 Å². The maximum atomic E-state index is 12.9. The van der Waals surface area contributed by atoms with Crippen LogP contribution in [0.25, 0.3) is 22.2 Å². The molecule has 2 atom stereocenters. The van der Waals surface area contributed by atoms with Crippen LogP contribution in [0.1, 0.15) is 47.6 Å². The lowest BCUT2D eigenvalue weighted by atomic mass is 9.93. The summed E-state index contributed by atoms with van der Waals surface area (Å²) in [5.74, 6) is 0.655. The molecule has 0 aliphatic carbocycles. The molecule has 2 aromatic heterocycles. The summed E-state index contributed by atoms with van der Waals surface area (Å²) in [5, 5.41) is 9.31. The Hall–Kier alpha value is -4.85. The SMILES string of the molecule is Cc1cccc([C@H](C)Nc2nc(C)nc3ccc(-c4cc5n(n4)CC(CC(=O)OCc4ccccc4)C(=O)C5)cc23)c1. The minimum Gasteiger partial charge on any atom is -0.461 e. The Bertz CT molecular complexity index is 1780. The summed E-state index contributed by atoms with van der Waals surface area (Å²) in [6, 6.07) is 26.0. The third kappa shape index (κ3) is 5.93. The number of ether oxygens (including phenoxy) is 1. The van der Waals surface area contributed by atoms with Crippen LogP contribution in [0.2, 0.25) is 0 Å². The Morgan fingerprint density at radius 2 is 1.86 bits per heavy atom. The molecule has 3 heterocycles. The van der Waals surface area contributed by atoms with Crippen molar-refractivity contribution < 1.29 is 14.3 Å². The van der Waals surface area contributed by atoms with E-state index in [9.17, 15) is 9.59 Å². The third-order valence-corrected chi connectivity index (χ3v) is 7.72. The van der Waals surface area contributed by atoms with Gasteiger partial charge in [-0.3, -0.25) is 14.3 Å². The standard InChI is InChI=1S/C34H33N5O3/c1-21-8-7-11-25(14-21)22(2)35-34-29-15-26(12-13-30(29)36-23(3)37-34)31-17-28-18-32(40)27(19-39(28)38-31)16-33(41)42-20-24-9-5-4-6-10-24/h4-15,17,22,27H,16,18-20H2,1-3H3,(H,35,36,37)/t22-,27?/m0/s1. The van der Waals surface area contributed by atoms with E-state index in [1.165, 1.54) is 11.1 Å². The molecule has 0 saturated carbocycles. The average Bonchev–Trinajstić information content (AvgIpc) is 3.39. The number of aromatic nitrogens is 4. The van der Waals surface area contributed by atoms with Crippen molar-refractivity contribution in [3.05, 3.63) is 107 Å². The van der Waals surface area contributed by atoms with E-state index in [0.717, 1.165) is 39.2 Å². The van der Waals surface area contributed by atoms with Crippen molar-refractivity contribution in [1.82, 2.24) is 19.7 Å². The number of esters is 1. The van der Waals surface area contributed by atoms with Gasteiger partial charge in [0.15, 0.2) is 0 Å². The minimum absolute atomic E-state index is 0.0321. The van der Waals surface area contributed by atoms with E-state index in [1.54, 1.807) is 0 Å². The second-order valence-electron chi connectivity index (χ2n) is 11.0. The third-order valence-electron chi connectivity index (χ3n) is 7.72.